The Kier molecular flexibility index (Phi) is 3.59. The van der Waals surface area contributed by atoms with Gasteiger partial charge in [-0.2, -0.15) is 4.57 Å². The largest absolute Gasteiger partial charge is 0.652 e. The number of allylic oxidation sites excluding steroid dienone is 2. The smallest absolute Gasteiger partial charge is 0.378 e. The molecule has 0 aromatic rings. The first-order valence-electron chi connectivity index (χ1n) is 5.83. The fraction of sp³-hybridized carbons (Fsp3) is 0.636. The number of hydrogen-bond acceptors (Lipinski definition) is 4. The third kappa shape index (κ3) is 2.62. The van der Waals surface area contributed by atoms with E-state index >= 15 is 0 Å². The molecule has 0 atom stereocenters. The highest BCUT2D eigenvalue weighted by Gasteiger charge is 2.55. The zero-order valence-corrected chi connectivity index (χ0v) is 10.4. The molecule has 0 radical (unpaired) electrons. The third-order valence-corrected chi connectivity index (χ3v) is 3.74. The zero-order chi connectivity index (χ0) is 11.4. The molecule has 0 unspecified atom stereocenters. The lowest BCUT2D eigenvalue weighted by molar-refractivity contribution is 0.0985. The third-order valence-electron chi connectivity index (χ3n) is 2.54. The highest BCUT2D eigenvalue weighted by Crippen LogP contribution is 2.70. The molecule has 16 heavy (non-hydrogen) atoms. The van der Waals surface area contributed by atoms with Crippen molar-refractivity contribution in [1.82, 2.24) is 0 Å². The molecule has 1 fully saturated rings. The molecule has 0 aliphatic carbocycles. The predicted molar refractivity (Wildman–Crippen MR) is 60.4 cm³/mol. The van der Waals surface area contributed by atoms with Crippen LogP contribution in [-0.2, 0) is 18.1 Å². The van der Waals surface area contributed by atoms with Crippen molar-refractivity contribution < 1.29 is 18.1 Å². The van der Waals surface area contributed by atoms with Crippen LogP contribution in [0.3, 0.4) is 0 Å². The first-order chi connectivity index (χ1) is 7.73. The van der Waals surface area contributed by atoms with E-state index in [1.54, 1.807) is 6.08 Å². The van der Waals surface area contributed by atoms with E-state index in [4.69, 9.17) is 13.6 Å². The highest BCUT2D eigenvalue weighted by molar-refractivity contribution is 7.50. The molecular formula is C11H17O4P. The molecule has 0 N–H and O–H groups in total. The molecule has 0 aromatic heterocycles. The van der Waals surface area contributed by atoms with Crippen LogP contribution in [-0.4, -0.2) is 0 Å². The number of fused-ring (bicyclic) bond motifs is 1. The number of rotatable bonds is 7. The normalized spacial score (nSPS) is 20.3. The fourth-order valence-electron chi connectivity index (χ4n) is 1.65. The Morgan fingerprint density at radius 3 is 2.50 bits per heavy atom. The van der Waals surface area contributed by atoms with Gasteiger partial charge in [-0.05, 0) is 18.9 Å². The minimum atomic E-state index is -3.15. The summed E-state index contributed by atoms with van der Waals surface area (Å²) in [6.45, 7) is 2.21. The molecule has 2 bridgehead atoms. The molecule has 5 heteroatoms. The summed E-state index contributed by atoms with van der Waals surface area (Å²) in [5, 5.41) is 0. The molecular weight excluding hydrogens is 227 g/mol. The van der Waals surface area contributed by atoms with Gasteiger partial charge in [-0.3, -0.25) is 0 Å². The van der Waals surface area contributed by atoms with Crippen molar-refractivity contribution in [2.24, 2.45) is 0 Å². The Morgan fingerprint density at radius 2 is 1.88 bits per heavy atom. The van der Waals surface area contributed by atoms with Gasteiger partial charge in [0.05, 0.1) is 0 Å². The van der Waals surface area contributed by atoms with Gasteiger partial charge in [0.2, 0.25) is 5.76 Å². The van der Waals surface area contributed by atoms with E-state index in [1.807, 2.05) is 6.08 Å². The van der Waals surface area contributed by atoms with Crippen LogP contribution in [0, 0.1) is 0 Å². The zero-order valence-electron chi connectivity index (χ0n) is 9.48. The van der Waals surface area contributed by atoms with E-state index in [9.17, 15) is 4.57 Å². The summed E-state index contributed by atoms with van der Waals surface area (Å²) in [5.74, 6) is 0.738. The van der Waals surface area contributed by atoms with Crippen molar-refractivity contribution in [2.45, 2.75) is 45.4 Å². The average molecular weight is 244 g/mol. The van der Waals surface area contributed by atoms with Gasteiger partial charge in [0.25, 0.3) is 0 Å². The predicted octanol–water partition coefficient (Wildman–Crippen LogP) is 4.26. The molecule has 0 aromatic carbocycles. The molecule has 90 valence electrons. The van der Waals surface area contributed by atoms with Gasteiger partial charge in [0.15, 0.2) is 0 Å². The Bertz CT molecular complexity index is 347. The first-order valence-corrected chi connectivity index (χ1v) is 7.29. The molecule has 3 aliphatic rings. The van der Waals surface area contributed by atoms with Gasteiger partial charge < -0.3 is 13.6 Å². The Labute approximate surface area is 95.9 Å². The molecule has 0 spiro atoms. The van der Waals surface area contributed by atoms with Crippen molar-refractivity contribution in [1.29, 1.82) is 0 Å². The van der Waals surface area contributed by atoms with Crippen LogP contribution in [0.5, 0.6) is 0 Å². The van der Waals surface area contributed by atoms with E-state index in [0.29, 0.717) is 5.76 Å². The molecule has 3 aliphatic heterocycles. The Morgan fingerprint density at radius 1 is 1.12 bits per heavy atom. The SMILES string of the molecule is CCCCCCC/C=C/C1=C2OP(=O)(O1)O2. The van der Waals surface area contributed by atoms with Crippen molar-refractivity contribution in [3.8, 4) is 0 Å². The standard InChI is InChI=1S/C11H17O4P/c1-2-3-4-5-6-7-8-9-10-11-14-16(12,13-10)15-11/h8-9H,2-7H2,1H3/b9-8+. The number of phosphoric ester groups is 1. The summed E-state index contributed by atoms with van der Waals surface area (Å²) in [6, 6.07) is 0. The summed E-state index contributed by atoms with van der Waals surface area (Å²) < 4.78 is 25.7. The monoisotopic (exact) mass is 244 g/mol. The van der Waals surface area contributed by atoms with Gasteiger partial charge in [0, 0.05) is 0 Å². The van der Waals surface area contributed by atoms with Crippen LogP contribution in [0.15, 0.2) is 23.9 Å². The van der Waals surface area contributed by atoms with Crippen LogP contribution < -0.4 is 0 Å². The second-order valence-corrected chi connectivity index (χ2v) is 5.42. The molecule has 0 amide bonds. The van der Waals surface area contributed by atoms with Gasteiger partial charge in [-0.1, -0.05) is 38.7 Å². The van der Waals surface area contributed by atoms with E-state index in [0.717, 1.165) is 6.42 Å². The summed E-state index contributed by atoms with van der Waals surface area (Å²) in [5.41, 5.74) is 0. The Hall–Kier alpha value is -0.890. The molecule has 4 nitrogen and oxygen atoms in total. The van der Waals surface area contributed by atoms with Gasteiger partial charge in [0.1, 0.15) is 0 Å². The molecule has 0 saturated carbocycles. The van der Waals surface area contributed by atoms with Crippen LogP contribution in [0.25, 0.3) is 0 Å². The quantitative estimate of drug-likeness (QED) is 0.496. The van der Waals surface area contributed by atoms with E-state index in [1.165, 1.54) is 32.1 Å². The van der Waals surface area contributed by atoms with E-state index < -0.39 is 7.82 Å². The average Bonchev–Trinajstić information content (AvgIpc) is 2.69. The van der Waals surface area contributed by atoms with Crippen LogP contribution in [0.1, 0.15) is 45.4 Å². The second kappa shape index (κ2) is 4.96. The van der Waals surface area contributed by atoms with E-state index in [-0.39, 0.29) is 5.95 Å². The maximum absolute atomic E-state index is 11.2. The first kappa shape index (κ1) is 11.6. The maximum Gasteiger partial charge on any atom is 0.652 e. The minimum absolute atomic E-state index is 0.269. The molecule has 3 rings (SSSR count). The number of unbranched alkanes of at least 4 members (excludes halogenated alkanes) is 5. The molecule has 3 heterocycles. The van der Waals surface area contributed by atoms with Gasteiger partial charge in [-0.25, -0.2) is 0 Å². The van der Waals surface area contributed by atoms with Crippen molar-refractivity contribution in [3.05, 3.63) is 23.9 Å². The van der Waals surface area contributed by atoms with Crippen molar-refractivity contribution in [2.75, 3.05) is 0 Å². The summed E-state index contributed by atoms with van der Waals surface area (Å²) in [7, 11) is -3.15. The highest BCUT2D eigenvalue weighted by atomic mass is 31.2. The lowest BCUT2D eigenvalue weighted by Crippen LogP contribution is -1.99. The van der Waals surface area contributed by atoms with Gasteiger partial charge >= 0.3 is 13.8 Å². The van der Waals surface area contributed by atoms with Crippen LogP contribution >= 0.6 is 7.82 Å². The topological polar surface area (TPSA) is 44.8 Å². The molecule has 1 saturated heterocycles. The summed E-state index contributed by atoms with van der Waals surface area (Å²) >= 11 is 0. The van der Waals surface area contributed by atoms with Crippen molar-refractivity contribution >= 4 is 7.82 Å². The number of hydrogen-bond donors (Lipinski definition) is 0. The van der Waals surface area contributed by atoms with Crippen LogP contribution in [0.2, 0.25) is 0 Å². The maximum atomic E-state index is 11.2. The van der Waals surface area contributed by atoms with Crippen LogP contribution in [0.4, 0.5) is 0 Å². The number of phosphoric acid groups is 1. The van der Waals surface area contributed by atoms with Gasteiger partial charge in [-0.15, -0.1) is 0 Å². The fourth-order valence-corrected chi connectivity index (χ4v) is 2.70. The van der Waals surface area contributed by atoms with Crippen molar-refractivity contribution in [3.63, 3.8) is 0 Å². The second-order valence-electron chi connectivity index (χ2n) is 3.98. The Balaban J connectivity index is 1.60. The minimum Gasteiger partial charge on any atom is -0.378 e. The van der Waals surface area contributed by atoms with E-state index in [2.05, 4.69) is 6.92 Å². The lowest BCUT2D eigenvalue weighted by Gasteiger charge is -2.15. The lowest BCUT2D eigenvalue weighted by atomic mass is 10.1. The summed E-state index contributed by atoms with van der Waals surface area (Å²) in [4.78, 5) is 0. The summed E-state index contributed by atoms with van der Waals surface area (Å²) in [6.07, 6.45) is 11.1.